The van der Waals surface area contributed by atoms with Crippen molar-refractivity contribution < 1.29 is 0 Å². The number of nitrogens with zero attached hydrogens (tertiary/aromatic N) is 1. The standard InChI is InChI=1S/C5H6N/c1-6-4-2-3-5-6/h2,4-5H,1H3/q-1. The number of hydrogen-bond acceptors (Lipinski definition) is 0. The molecule has 0 unspecified atom stereocenters. The Morgan fingerprint density at radius 1 is 1.67 bits per heavy atom. The Morgan fingerprint density at radius 3 is 2.67 bits per heavy atom. The van der Waals surface area contributed by atoms with Gasteiger partial charge in [0.15, 0.2) is 0 Å². The zero-order chi connectivity index (χ0) is 4.41. The number of rotatable bonds is 0. The molecule has 0 saturated carbocycles. The minimum Gasteiger partial charge on any atom is -0.451 e. The lowest BCUT2D eigenvalue weighted by Crippen LogP contribution is -1.75. The van der Waals surface area contributed by atoms with Crippen LogP contribution in [-0.2, 0) is 7.05 Å². The maximum absolute atomic E-state index is 2.89. The highest BCUT2D eigenvalue weighted by Crippen LogP contribution is 1.79. The van der Waals surface area contributed by atoms with Crippen LogP contribution in [0.3, 0.4) is 0 Å². The van der Waals surface area contributed by atoms with Crippen molar-refractivity contribution in [2.45, 2.75) is 0 Å². The van der Waals surface area contributed by atoms with Crippen LogP contribution in [0.15, 0.2) is 18.5 Å². The summed E-state index contributed by atoms with van der Waals surface area (Å²) in [6, 6.07) is 4.77. The van der Waals surface area contributed by atoms with E-state index >= 15 is 0 Å². The van der Waals surface area contributed by atoms with Gasteiger partial charge in [-0.15, -0.1) is 12.4 Å². The van der Waals surface area contributed by atoms with E-state index in [-0.39, 0.29) is 0 Å². The van der Waals surface area contributed by atoms with Crippen molar-refractivity contribution in [3.63, 3.8) is 0 Å². The van der Waals surface area contributed by atoms with Crippen molar-refractivity contribution in [3.8, 4) is 0 Å². The largest absolute Gasteiger partial charge is 0.451 e. The van der Waals surface area contributed by atoms with E-state index in [1.165, 1.54) is 0 Å². The maximum Gasteiger partial charge on any atom is -0.00900 e. The molecule has 1 nitrogen and oxygen atoms in total. The Morgan fingerprint density at radius 2 is 2.50 bits per heavy atom. The number of aromatic nitrogens is 1. The van der Waals surface area contributed by atoms with E-state index < -0.39 is 0 Å². The molecular formula is C5H6N-. The van der Waals surface area contributed by atoms with E-state index in [0.29, 0.717) is 0 Å². The number of aryl methyl sites for hydroxylation is 1. The lowest BCUT2D eigenvalue weighted by atomic mass is 10.7. The van der Waals surface area contributed by atoms with Crippen molar-refractivity contribution in [2.24, 2.45) is 7.05 Å². The molecule has 0 saturated heterocycles. The smallest absolute Gasteiger partial charge is 0.00900 e. The molecule has 1 rings (SSSR count). The molecule has 0 bridgehead atoms. The van der Waals surface area contributed by atoms with Crippen molar-refractivity contribution in [1.82, 2.24) is 4.57 Å². The zero-order valence-electron chi connectivity index (χ0n) is 3.68. The van der Waals surface area contributed by atoms with Gasteiger partial charge in [-0.3, -0.25) is 0 Å². The summed E-state index contributed by atoms with van der Waals surface area (Å²) in [6.07, 6.45) is 3.82. The van der Waals surface area contributed by atoms with Crippen LogP contribution in [0.25, 0.3) is 0 Å². The van der Waals surface area contributed by atoms with E-state index in [1.54, 1.807) is 0 Å². The minimum absolute atomic E-state index is 1.88. The molecular weight excluding hydrogens is 74.1 g/mol. The summed E-state index contributed by atoms with van der Waals surface area (Å²) in [6.45, 7) is 0. The fourth-order valence-corrected chi connectivity index (χ4v) is 0.364. The third-order valence-electron chi connectivity index (χ3n) is 0.684. The molecule has 0 amide bonds. The molecule has 6 heavy (non-hydrogen) atoms. The second kappa shape index (κ2) is 1.17. The Hall–Kier alpha value is -0.720. The summed E-state index contributed by atoms with van der Waals surface area (Å²) < 4.78 is 1.94. The average Bonchev–Trinajstić information content (AvgIpc) is 1.86. The molecule has 0 N–H and O–H groups in total. The first-order valence-electron chi connectivity index (χ1n) is 1.87. The second-order valence-electron chi connectivity index (χ2n) is 1.28. The Bertz CT molecular complexity index is 107. The van der Waals surface area contributed by atoms with Gasteiger partial charge in [0.1, 0.15) is 0 Å². The maximum atomic E-state index is 2.89. The number of hydrogen-bond donors (Lipinski definition) is 0. The van der Waals surface area contributed by atoms with Gasteiger partial charge < -0.3 is 4.57 Å². The first-order valence-corrected chi connectivity index (χ1v) is 1.87. The molecule has 0 spiro atoms. The Kier molecular flexibility index (Phi) is 0.675. The minimum atomic E-state index is 1.88. The van der Waals surface area contributed by atoms with E-state index in [9.17, 15) is 0 Å². The molecule has 1 aromatic rings. The van der Waals surface area contributed by atoms with Crippen LogP contribution >= 0.6 is 0 Å². The van der Waals surface area contributed by atoms with Gasteiger partial charge in [0, 0.05) is 0 Å². The van der Waals surface area contributed by atoms with Crippen molar-refractivity contribution >= 4 is 0 Å². The molecule has 1 heteroatoms. The summed E-state index contributed by atoms with van der Waals surface area (Å²) in [4.78, 5) is 0. The van der Waals surface area contributed by atoms with Gasteiger partial charge in [-0.1, -0.05) is 0 Å². The van der Waals surface area contributed by atoms with Gasteiger partial charge in [-0.25, -0.2) is 12.1 Å². The molecule has 0 aliphatic rings. The van der Waals surface area contributed by atoms with E-state index in [4.69, 9.17) is 0 Å². The highest BCUT2D eigenvalue weighted by molar-refractivity contribution is 4.85. The van der Waals surface area contributed by atoms with Gasteiger partial charge in [0.05, 0.1) is 0 Å². The normalized spacial score (nSPS) is 8.83. The Labute approximate surface area is 37.2 Å². The highest BCUT2D eigenvalue weighted by Gasteiger charge is 1.55. The summed E-state index contributed by atoms with van der Waals surface area (Å²) in [5.41, 5.74) is 0. The summed E-state index contributed by atoms with van der Waals surface area (Å²) in [5, 5.41) is 0. The summed E-state index contributed by atoms with van der Waals surface area (Å²) in [5.74, 6) is 0. The van der Waals surface area contributed by atoms with E-state index in [0.717, 1.165) is 0 Å². The monoisotopic (exact) mass is 80.1 g/mol. The molecule has 0 aliphatic carbocycles. The lowest BCUT2D eigenvalue weighted by Gasteiger charge is -1.88. The molecule has 0 radical (unpaired) electrons. The molecule has 32 valence electrons. The molecule has 0 aromatic carbocycles. The van der Waals surface area contributed by atoms with Crippen LogP contribution in [0.5, 0.6) is 0 Å². The molecule has 0 fully saturated rings. The van der Waals surface area contributed by atoms with Crippen LogP contribution < -0.4 is 0 Å². The first kappa shape index (κ1) is 3.47. The van der Waals surface area contributed by atoms with Crippen molar-refractivity contribution in [2.75, 3.05) is 0 Å². The van der Waals surface area contributed by atoms with Crippen LogP contribution in [0, 0.1) is 6.07 Å². The predicted molar refractivity (Wildman–Crippen MR) is 24.2 cm³/mol. The van der Waals surface area contributed by atoms with Gasteiger partial charge >= 0.3 is 0 Å². The van der Waals surface area contributed by atoms with Gasteiger partial charge in [0.2, 0.25) is 0 Å². The van der Waals surface area contributed by atoms with Gasteiger partial charge in [-0.2, -0.15) is 0 Å². The van der Waals surface area contributed by atoms with Crippen molar-refractivity contribution in [3.05, 3.63) is 24.5 Å². The van der Waals surface area contributed by atoms with Crippen LogP contribution in [0.4, 0.5) is 0 Å². The van der Waals surface area contributed by atoms with Crippen molar-refractivity contribution in [1.29, 1.82) is 0 Å². The van der Waals surface area contributed by atoms with Crippen LogP contribution in [-0.4, -0.2) is 4.57 Å². The molecule has 1 aromatic heterocycles. The Balaban J connectivity index is 3.05. The zero-order valence-corrected chi connectivity index (χ0v) is 3.68. The van der Waals surface area contributed by atoms with E-state index in [1.807, 2.05) is 30.1 Å². The first-order chi connectivity index (χ1) is 2.89. The molecule has 0 atom stereocenters. The molecule has 1 heterocycles. The predicted octanol–water partition coefficient (Wildman–Crippen LogP) is 0.825. The quantitative estimate of drug-likeness (QED) is 0.407. The van der Waals surface area contributed by atoms with Crippen LogP contribution in [0.2, 0.25) is 0 Å². The topological polar surface area (TPSA) is 4.93 Å². The average molecular weight is 80.1 g/mol. The van der Waals surface area contributed by atoms with Crippen LogP contribution in [0.1, 0.15) is 0 Å². The third-order valence-corrected chi connectivity index (χ3v) is 0.684. The fraction of sp³-hybridized carbons (Fsp3) is 0.200. The molecule has 0 aliphatic heterocycles. The van der Waals surface area contributed by atoms with Gasteiger partial charge in [0.25, 0.3) is 0 Å². The summed E-state index contributed by atoms with van der Waals surface area (Å²) >= 11 is 0. The van der Waals surface area contributed by atoms with E-state index in [2.05, 4.69) is 6.07 Å². The highest BCUT2D eigenvalue weighted by atomic mass is 14.9. The second-order valence-corrected chi connectivity index (χ2v) is 1.28. The third kappa shape index (κ3) is 0.432. The SMILES string of the molecule is Cn1c[c-]cc1. The summed E-state index contributed by atoms with van der Waals surface area (Å²) in [7, 11) is 1.97. The lowest BCUT2D eigenvalue weighted by molar-refractivity contribution is 0.927. The van der Waals surface area contributed by atoms with Gasteiger partial charge in [-0.05, 0) is 7.05 Å². The fourth-order valence-electron chi connectivity index (χ4n) is 0.364.